The van der Waals surface area contributed by atoms with E-state index >= 15 is 0 Å². The molecule has 2 aromatic rings. The summed E-state index contributed by atoms with van der Waals surface area (Å²) in [6, 6.07) is 15.3. The summed E-state index contributed by atoms with van der Waals surface area (Å²) in [6.07, 6.45) is 4.75. The van der Waals surface area contributed by atoms with E-state index < -0.39 is 0 Å². The summed E-state index contributed by atoms with van der Waals surface area (Å²) in [5.41, 5.74) is 2.59. The lowest BCUT2D eigenvalue weighted by molar-refractivity contribution is 0.102. The van der Waals surface area contributed by atoms with Crippen LogP contribution in [0.4, 0.5) is 5.69 Å². The normalized spacial score (nSPS) is 19.3. The van der Waals surface area contributed by atoms with Crippen LogP contribution in [-0.4, -0.2) is 48.6 Å². The van der Waals surface area contributed by atoms with Crippen LogP contribution < -0.4 is 15.4 Å². The average Bonchev–Trinajstić information content (AvgIpc) is 3.21. The van der Waals surface area contributed by atoms with E-state index in [1.807, 2.05) is 42.5 Å². The first kappa shape index (κ1) is 20.8. The molecule has 0 aliphatic carbocycles. The van der Waals surface area contributed by atoms with Gasteiger partial charge in [-0.2, -0.15) is 0 Å². The van der Waals surface area contributed by atoms with Gasteiger partial charge in [0.05, 0.1) is 4.99 Å². The molecule has 2 aliphatic rings. The van der Waals surface area contributed by atoms with Crippen LogP contribution in [0, 0.1) is 0 Å². The second kappa shape index (κ2) is 10.0. The van der Waals surface area contributed by atoms with Gasteiger partial charge in [-0.15, -0.1) is 0 Å². The zero-order valence-electron chi connectivity index (χ0n) is 17.2. The molecule has 2 saturated heterocycles. The van der Waals surface area contributed by atoms with Crippen molar-refractivity contribution in [3.63, 3.8) is 0 Å². The van der Waals surface area contributed by atoms with Crippen LogP contribution in [0.5, 0.6) is 5.75 Å². The molecule has 1 atom stereocenters. The van der Waals surface area contributed by atoms with E-state index in [0.29, 0.717) is 18.1 Å². The van der Waals surface area contributed by atoms with Crippen LogP contribution in [0.15, 0.2) is 48.5 Å². The summed E-state index contributed by atoms with van der Waals surface area (Å²) in [7, 11) is 0. The van der Waals surface area contributed by atoms with Gasteiger partial charge in [-0.25, -0.2) is 0 Å². The molecule has 0 saturated carbocycles. The second-order valence-electron chi connectivity index (χ2n) is 8.02. The Kier molecular flexibility index (Phi) is 6.97. The highest BCUT2D eigenvalue weighted by Gasteiger charge is 2.23. The van der Waals surface area contributed by atoms with Crippen molar-refractivity contribution in [2.24, 2.45) is 0 Å². The predicted octanol–water partition coefficient (Wildman–Crippen LogP) is 4.21. The van der Waals surface area contributed by atoms with E-state index in [2.05, 4.69) is 21.6 Å². The average molecular weight is 424 g/mol. The zero-order valence-corrected chi connectivity index (χ0v) is 18.0. The molecule has 5 nitrogen and oxygen atoms in total. The predicted molar refractivity (Wildman–Crippen MR) is 125 cm³/mol. The number of ether oxygens (including phenoxy) is 1. The molecule has 30 heavy (non-hydrogen) atoms. The summed E-state index contributed by atoms with van der Waals surface area (Å²) < 4.78 is 5.87. The van der Waals surface area contributed by atoms with Gasteiger partial charge in [0.15, 0.2) is 0 Å². The van der Waals surface area contributed by atoms with Crippen LogP contribution in [0.25, 0.3) is 0 Å². The number of nitrogens with one attached hydrogen (secondary N) is 2. The van der Waals surface area contributed by atoms with E-state index in [9.17, 15) is 4.79 Å². The summed E-state index contributed by atoms with van der Waals surface area (Å²) in [4.78, 5) is 16.1. The first-order chi connectivity index (χ1) is 14.7. The largest absolute Gasteiger partial charge is 0.492 e. The van der Waals surface area contributed by atoms with Gasteiger partial charge in [0, 0.05) is 36.7 Å². The third-order valence-corrected chi connectivity index (χ3v) is 6.18. The van der Waals surface area contributed by atoms with Crippen molar-refractivity contribution in [2.75, 3.05) is 38.1 Å². The molecule has 0 radical (unpaired) electrons. The van der Waals surface area contributed by atoms with Gasteiger partial charge in [-0.05, 0) is 61.8 Å². The Balaban J connectivity index is 1.32. The maximum absolute atomic E-state index is 12.8. The molecule has 2 fully saturated rings. The van der Waals surface area contributed by atoms with Gasteiger partial charge in [0.2, 0.25) is 0 Å². The van der Waals surface area contributed by atoms with E-state index in [0.717, 1.165) is 41.5 Å². The van der Waals surface area contributed by atoms with Crippen molar-refractivity contribution in [1.82, 2.24) is 10.2 Å². The van der Waals surface area contributed by atoms with Crippen LogP contribution in [0.2, 0.25) is 0 Å². The number of para-hydroxylation sites is 1. The van der Waals surface area contributed by atoms with E-state index in [1.165, 1.54) is 32.4 Å². The van der Waals surface area contributed by atoms with Crippen molar-refractivity contribution in [1.29, 1.82) is 0 Å². The van der Waals surface area contributed by atoms with Crippen molar-refractivity contribution in [3.05, 3.63) is 59.7 Å². The number of hydrogen-bond donors (Lipinski definition) is 2. The molecule has 4 rings (SSSR count). The molecular formula is C24H29N3O2S. The fourth-order valence-corrected chi connectivity index (χ4v) is 4.45. The number of likely N-dealkylation sites (tertiary alicyclic amines) is 1. The molecule has 0 bridgehead atoms. The van der Waals surface area contributed by atoms with Crippen molar-refractivity contribution < 1.29 is 9.53 Å². The number of carbonyl (C=O) groups is 1. The van der Waals surface area contributed by atoms with Gasteiger partial charge in [0.25, 0.3) is 5.91 Å². The molecule has 1 amide bonds. The monoisotopic (exact) mass is 423 g/mol. The molecule has 2 N–H and O–H groups in total. The van der Waals surface area contributed by atoms with Crippen molar-refractivity contribution in [2.45, 2.75) is 31.6 Å². The van der Waals surface area contributed by atoms with Gasteiger partial charge in [-0.1, -0.05) is 36.8 Å². The van der Waals surface area contributed by atoms with Crippen molar-refractivity contribution in [3.8, 4) is 5.75 Å². The Morgan fingerprint density at radius 3 is 2.60 bits per heavy atom. The minimum Gasteiger partial charge on any atom is -0.492 e. The third kappa shape index (κ3) is 5.37. The minimum atomic E-state index is -0.115. The number of rotatable bonds is 7. The maximum Gasteiger partial charge on any atom is 0.255 e. The van der Waals surface area contributed by atoms with E-state index in [1.54, 1.807) is 0 Å². The molecule has 6 heteroatoms. The molecule has 2 aliphatic heterocycles. The summed E-state index contributed by atoms with van der Waals surface area (Å²) in [5, 5.41) is 6.29. The molecule has 0 spiro atoms. The van der Waals surface area contributed by atoms with Gasteiger partial charge >= 0.3 is 0 Å². The van der Waals surface area contributed by atoms with Crippen LogP contribution in [-0.2, 0) is 0 Å². The fraction of sp³-hybridized carbons (Fsp3) is 0.417. The molecule has 2 aromatic carbocycles. The molecular weight excluding hydrogens is 394 g/mol. The van der Waals surface area contributed by atoms with Crippen LogP contribution in [0.3, 0.4) is 0 Å². The molecule has 0 aromatic heterocycles. The Labute approximate surface area is 183 Å². The lowest BCUT2D eigenvalue weighted by Gasteiger charge is -2.26. The second-order valence-corrected chi connectivity index (χ2v) is 8.51. The maximum atomic E-state index is 12.8. The Morgan fingerprint density at radius 1 is 1.10 bits per heavy atom. The highest BCUT2D eigenvalue weighted by atomic mass is 32.1. The van der Waals surface area contributed by atoms with Crippen LogP contribution >= 0.6 is 12.2 Å². The fourth-order valence-electron chi connectivity index (χ4n) is 4.16. The van der Waals surface area contributed by atoms with Crippen LogP contribution in [0.1, 0.15) is 47.5 Å². The number of amides is 1. The van der Waals surface area contributed by atoms with E-state index in [-0.39, 0.29) is 5.91 Å². The number of benzene rings is 2. The minimum absolute atomic E-state index is 0.115. The van der Waals surface area contributed by atoms with Gasteiger partial charge in [-0.3, -0.25) is 9.69 Å². The molecule has 1 unspecified atom stereocenters. The smallest absolute Gasteiger partial charge is 0.255 e. The number of anilines is 1. The number of piperidine rings is 1. The molecule has 158 valence electrons. The SMILES string of the molecule is O=C(Nc1ccccc1C1CNC(=S)C1)c1ccc(OCCN2CCCCC2)cc1. The quantitative estimate of drug-likeness (QED) is 0.654. The summed E-state index contributed by atoms with van der Waals surface area (Å²) >= 11 is 5.27. The molecule has 2 heterocycles. The highest BCUT2D eigenvalue weighted by Crippen LogP contribution is 2.30. The third-order valence-electron chi connectivity index (χ3n) is 5.87. The summed E-state index contributed by atoms with van der Waals surface area (Å²) in [5.74, 6) is 0.982. The lowest BCUT2D eigenvalue weighted by atomic mass is 9.96. The Morgan fingerprint density at radius 2 is 1.87 bits per heavy atom. The first-order valence-corrected chi connectivity index (χ1v) is 11.2. The number of hydrogen-bond acceptors (Lipinski definition) is 4. The lowest BCUT2D eigenvalue weighted by Crippen LogP contribution is -2.33. The standard InChI is InChI=1S/C24H29N3O2S/c28-24(26-22-7-3-2-6-21(22)19-16-23(30)25-17-19)18-8-10-20(11-9-18)29-15-14-27-12-4-1-5-13-27/h2-3,6-11,19H,1,4-5,12-17H2,(H,25,30)(H,26,28). The number of nitrogens with zero attached hydrogens (tertiary/aromatic N) is 1. The Hall–Kier alpha value is -2.44. The number of carbonyl (C=O) groups excluding carboxylic acids is 1. The summed E-state index contributed by atoms with van der Waals surface area (Å²) in [6.45, 7) is 4.79. The van der Waals surface area contributed by atoms with E-state index in [4.69, 9.17) is 17.0 Å². The van der Waals surface area contributed by atoms with Crippen molar-refractivity contribution >= 4 is 28.8 Å². The zero-order chi connectivity index (χ0) is 20.8. The topological polar surface area (TPSA) is 53.6 Å². The highest BCUT2D eigenvalue weighted by molar-refractivity contribution is 7.80. The van der Waals surface area contributed by atoms with Gasteiger partial charge < -0.3 is 15.4 Å². The Bertz CT molecular complexity index is 878. The number of thiocarbonyl (C=S) groups is 1. The first-order valence-electron chi connectivity index (χ1n) is 10.8. The van der Waals surface area contributed by atoms with Gasteiger partial charge in [0.1, 0.15) is 12.4 Å².